The number of likely N-dealkylation sites (tertiary alicyclic amines) is 1. The van der Waals surface area contributed by atoms with Gasteiger partial charge >= 0.3 is 6.18 Å². The number of carbonyl (C=O) groups is 1. The van der Waals surface area contributed by atoms with Crippen LogP contribution < -0.4 is 0 Å². The predicted octanol–water partition coefficient (Wildman–Crippen LogP) is 3.39. The number of carbonyl (C=O) groups excluding carboxylic acids is 1. The van der Waals surface area contributed by atoms with Crippen LogP contribution in [-0.2, 0) is 4.79 Å². The molecule has 0 saturated carbocycles. The molecule has 1 amide bonds. The number of hydrogen-bond donors (Lipinski definition) is 0. The summed E-state index contributed by atoms with van der Waals surface area (Å²) in [6, 6.07) is 5.53. The lowest BCUT2D eigenvalue weighted by Gasteiger charge is -2.17. The first-order valence-electron chi connectivity index (χ1n) is 6.71. The number of oxazole rings is 1. The van der Waals surface area contributed by atoms with Crippen LogP contribution in [0.3, 0.4) is 0 Å². The molecule has 1 aromatic carbocycles. The first-order valence-corrected chi connectivity index (χ1v) is 7.59. The average molecular weight is 330 g/mol. The molecule has 1 fully saturated rings. The number of aryl methyl sites for hydroxylation is 1. The summed E-state index contributed by atoms with van der Waals surface area (Å²) in [6.07, 6.45) is -4.01. The van der Waals surface area contributed by atoms with Crippen LogP contribution in [0.2, 0.25) is 0 Å². The zero-order chi connectivity index (χ0) is 15.9. The van der Waals surface area contributed by atoms with E-state index in [-0.39, 0.29) is 6.54 Å². The lowest BCUT2D eigenvalue weighted by atomic mass is 10.2. The minimum Gasteiger partial charge on any atom is -0.431 e. The molecule has 22 heavy (non-hydrogen) atoms. The van der Waals surface area contributed by atoms with Gasteiger partial charge in [0.1, 0.15) is 12.1 Å². The van der Waals surface area contributed by atoms with Gasteiger partial charge in [0.2, 0.25) is 5.91 Å². The maximum absolute atomic E-state index is 12.4. The molecule has 1 saturated heterocycles. The van der Waals surface area contributed by atoms with Crippen molar-refractivity contribution < 1.29 is 22.4 Å². The second kappa shape index (κ2) is 5.49. The Morgan fingerprint density at radius 2 is 2.23 bits per heavy atom. The fourth-order valence-electron chi connectivity index (χ4n) is 2.38. The summed E-state index contributed by atoms with van der Waals surface area (Å²) in [6.45, 7) is 0.835. The Morgan fingerprint density at radius 1 is 1.45 bits per heavy atom. The van der Waals surface area contributed by atoms with E-state index in [1.165, 1.54) is 0 Å². The van der Waals surface area contributed by atoms with Crippen molar-refractivity contribution in [2.24, 2.45) is 0 Å². The first-order chi connectivity index (χ1) is 10.3. The zero-order valence-corrected chi connectivity index (χ0v) is 12.5. The highest BCUT2D eigenvalue weighted by molar-refractivity contribution is 8.00. The smallest absolute Gasteiger partial charge is 0.406 e. The maximum atomic E-state index is 12.4. The van der Waals surface area contributed by atoms with Crippen molar-refractivity contribution in [2.45, 2.75) is 30.0 Å². The van der Waals surface area contributed by atoms with E-state index in [9.17, 15) is 18.0 Å². The number of thioether (sulfide) groups is 1. The molecule has 2 aromatic rings. The second-order valence-corrected chi connectivity index (χ2v) is 6.38. The van der Waals surface area contributed by atoms with Gasteiger partial charge in [-0.3, -0.25) is 4.79 Å². The third-order valence-electron chi connectivity index (χ3n) is 3.38. The molecular formula is C14H13F3N2O2S. The van der Waals surface area contributed by atoms with Crippen LogP contribution in [0.25, 0.3) is 11.1 Å². The molecule has 0 spiro atoms. The van der Waals surface area contributed by atoms with Crippen LogP contribution in [-0.4, -0.2) is 40.3 Å². The molecule has 4 nitrogen and oxygen atoms in total. The molecule has 118 valence electrons. The predicted molar refractivity (Wildman–Crippen MR) is 75.6 cm³/mol. The number of hydrogen-bond acceptors (Lipinski definition) is 4. The first kappa shape index (κ1) is 15.2. The van der Waals surface area contributed by atoms with Crippen molar-refractivity contribution in [1.82, 2.24) is 9.88 Å². The van der Waals surface area contributed by atoms with Gasteiger partial charge in [0, 0.05) is 6.54 Å². The third kappa shape index (κ3) is 3.21. The summed E-state index contributed by atoms with van der Waals surface area (Å²) >= 11 is 1.08. The van der Waals surface area contributed by atoms with Gasteiger partial charge < -0.3 is 9.32 Å². The largest absolute Gasteiger partial charge is 0.431 e. The van der Waals surface area contributed by atoms with Crippen LogP contribution in [0.1, 0.15) is 12.0 Å². The molecule has 0 radical (unpaired) electrons. The highest BCUT2D eigenvalue weighted by Gasteiger charge is 2.40. The Bertz CT molecular complexity index is 714. The van der Waals surface area contributed by atoms with Crippen LogP contribution in [0.5, 0.6) is 0 Å². The quantitative estimate of drug-likeness (QED) is 0.865. The lowest BCUT2D eigenvalue weighted by Crippen LogP contribution is -2.36. The number of aromatic nitrogens is 1. The van der Waals surface area contributed by atoms with Gasteiger partial charge in [-0.2, -0.15) is 13.2 Å². The number of rotatable bonds is 3. The minimum absolute atomic E-state index is 0.106. The van der Waals surface area contributed by atoms with E-state index in [1.54, 1.807) is 6.07 Å². The van der Waals surface area contributed by atoms with Gasteiger partial charge in [-0.15, -0.1) is 0 Å². The van der Waals surface area contributed by atoms with E-state index in [1.807, 2.05) is 19.1 Å². The maximum Gasteiger partial charge on any atom is 0.406 e. The summed E-state index contributed by atoms with van der Waals surface area (Å²) in [5, 5.41) is -0.260. The van der Waals surface area contributed by atoms with E-state index in [2.05, 4.69) is 4.98 Å². The molecule has 1 aromatic heterocycles. The summed E-state index contributed by atoms with van der Waals surface area (Å²) in [5.74, 6) is -0.513. The lowest BCUT2D eigenvalue weighted by molar-refractivity contribution is -0.157. The molecule has 0 aliphatic carbocycles. The van der Waals surface area contributed by atoms with Crippen molar-refractivity contribution in [3.05, 3.63) is 23.8 Å². The summed E-state index contributed by atoms with van der Waals surface area (Å²) in [5.41, 5.74) is 2.32. The Labute approximate surface area is 128 Å². The molecule has 8 heteroatoms. The zero-order valence-electron chi connectivity index (χ0n) is 11.7. The Balaban J connectivity index is 1.71. The molecule has 2 heterocycles. The Hall–Kier alpha value is -1.70. The normalized spacial score (nSPS) is 19.4. The van der Waals surface area contributed by atoms with Crippen molar-refractivity contribution in [3.8, 4) is 0 Å². The van der Waals surface area contributed by atoms with Gasteiger partial charge in [0.15, 0.2) is 5.58 Å². The van der Waals surface area contributed by atoms with Crippen molar-refractivity contribution in [3.63, 3.8) is 0 Å². The van der Waals surface area contributed by atoms with E-state index in [0.29, 0.717) is 22.7 Å². The van der Waals surface area contributed by atoms with Crippen molar-refractivity contribution in [1.29, 1.82) is 0 Å². The van der Waals surface area contributed by atoms with E-state index in [0.717, 1.165) is 22.2 Å². The topological polar surface area (TPSA) is 46.3 Å². The number of halogens is 3. The van der Waals surface area contributed by atoms with Crippen LogP contribution in [0, 0.1) is 6.92 Å². The van der Waals surface area contributed by atoms with Crippen molar-refractivity contribution >= 4 is 28.8 Å². The van der Waals surface area contributed by atoms with Crippen molar-refractivity contribution in [2.75, 3.05) is 13.1 Å². The number of fused-ring (bicyclic) bond motifs is 1. The SMILES string of the molecule is Cc1ccc2oc(SC3CCN(CC(F)(F)F)C3=O)nc2c1. The molecule has 1 aliphatic rings. The molecule has 0 N–H and O–H groups in total. The van der Waals surface area contributed by atoms with Gasteiger partial charge in [-0.1, -0.05) is 17.8 Å². The van der Waals surface area contributed by atoms with E-state index < -0.39 is 23.9 Å². The Kier molecular flexibility index (Phi) is 3.80. The average Bonchev–Trinajstić information content (AvgIpc) is 2.94. The molecule has 0 bridgehead atoms. The second-order valence-electron chi connectivity index (χ2n) is 5.22. The third-order valence-corrected chi connectivity index (χ3v) is 4.48. The number of benzene rings is 1. The van der Waals surface area contributed by atoms with Crippen LogP contribution in [0.15, 0.2) is 27.8 Å². The van der Waals surface area contributed by atoms with Gasteiger partial charge in [-0.05, 0) is 31.0 Å². The highest BCUT2D eigenvalue weighted by Crippen LogP contribution is 2.33. The van der Waals surface area contributed by atoms with E-state index >= 15 is 0 Å². The minimum atomic E-state index is -4.37. The van der Waals surface area contributed by atoms with Gasteiger partial charge in [0.25, 0.3) is 5.22 Å². The van der Waals surface area contributed by atoms with Gasteiger partial charge in [-0.25, -0.2) is 4.98 Å². The summed E-state index contributed by atoms with van der Waals surface area (Å²) in [4.78, 5) is 17.1. The highest BCUT2D eigenvalue weighted by atomic mass is 32.2. The van der Waals surface area contributed by atoms with Gasteiger partial charge in [0.05, 0.1) is 5.25 Å². The van der Waals surface area contributed by atoms with E-state index in [4.69, 9.17) is 4.42 Å². The van der Waals surface area contributed by atoms with Crippen LogP contribution >= 0.6 is 11.8 Å². The fraction of sp³-hybridized carbons (Fsp3) is 0.429. The fourth-order valence-corrected chi connectivity index (χ4v) is 3.39. The molecule has 3 rings (SSSR count). The summed E-state index contributed by atoms with van der Waals surface area (Å²) in [7, 11) is 0. The molecule has 1 unspecified atom stereocenters. The summed E-state index contributed by atoms with van der Waals surface area (Å²) < 4.78 is 42.7. The standard InChI is InChI=1S/C14H13F3N2O2S/c1-8-2-3-10-9(6-8)18-13(21-10)22-11-4-5-19(12(11)20)7-14(15,16)17/h2-3,6,11H,4-5,7H2,1H3. The van der Waals surface area contributed by atoms with Crippen LogP contribution in [0.4, 0.5) is 13.2 Å². The molecular weight excluding hydrogens is 317 g/mol. The molecule has 1 aliphatic heterocycles. The number of amides is 1. The number of nitrogens with zero attached hydrogens (tertiary/aromatic N) is 2. The number of alkyl halides is 3. The monoisotopic (exact) mass is 330 g/mol. The molecule has 1 atom stereocenters. The Morgan fingerprint density at radius 3 is 2.95 bits per heavy atom.